The molecule has 0 unspecified atom stereocenters. The van der Waals surface area contributed by atoms with Gasteiger partial charge in [0.15, 0.2) is 5.16 Å². The van der Waals surface area contributed by atoms with Crippen LogP contribution in [-0.4, -0.2) is 27.4 Å². The summed E-state index contributed by atoms with van der Waals surface area (Å²) < 4.78 is 7.40. The Balaban J connectivity index is 1.25. The highest BCUT2D eigenvalue weighted by Gasteiger charge is 2.14. The van der Waals surface area contributed by atoms with Gasteiger partial charge in [0.05, 0.1) is 28.6 Å². The molecule has 1 amide bonds. The summed E-state index contributed by atoms with van der Waals surface area (Å²) in [6, 6.07) is 32.2. The average Bonchev–Trinajstić information content (AvgIpc) is 2.97. The van der Waals surface area contributed by atoms with Crippen molar-refractivity contribution in [3.05, 3.63) is 130 Å². The number of nitrogens with one attached hydrogen (secondary N) is 1. The number of carbonyl (C=O) groups is 1. The number of fused-ring (bicyclic) bond motifs is 1. The Bertz CT molecular complexity index is 1680. The van der Waals surface area contributed by atoms with E-state index in [1.54, 1.807) is 22.9 Å². The number of ether oxygens (including phenoxy) is 1. The van der Waals surface area contributed by atoms with Gasteiger partial charge in [-0.3, -0.25) is 14.2 Å². The third-order valence-electron chi connectivity index (χ3n) is 5.88. The molecule has 0 aliphatic heterocycles. The second kappa shape index (κ2) is 12.2. The first kappa shape index (κ1) is 25.9. The predicted molar refractivity (Wildman–Crippen MR) is 156 cm³/mol. The zero-order valence-electron chi connectivity index (χ0n) is 21.3. The normalized spacial score (nSPS) is 11.1. The van der Waals surface area contributed by atoms with Crippen LogP contribution >= 0.6 is 11.8 Å². The van der Waals surface area contributed by atoms with E-state index < -0.39 is 0 Å². The van der Waals surface area contributed by atoms with Gasteiger partial charge in [0, 0.05) is 0 Å². The van der Waals surface area contributed by atoms with E-state index in [0.717, 1.165) is 16.7 Å². The monoisotopic (exact) mass is 534 g/mol. The number of hydrazone groups is 1. The number of benzene rings is 4. The standard InChI is InChI=1S/C31H26N4O3S/c1-22-14-16-25(17-15-22)35-30(37)27-12-5-6-13-28(27)33-31(35)39-21-29(36)34-32-19-24-10-7-11-26(18-24)38-20-23-8-3-2-4-9-23/h2-19H,20-21H2,1H3,(H,34,36). The minimum absolute atomic E-state index is 0.0359. The maximum Gasteiger partial charge on any atom is 0.266 e. The van der Waals surface area contributed by atoms with Crippen molar-refractivity contribution < 1.29 is 9.53 Å². The molecular formula is C31H26N4O3S. The highest BCUT2D eigenvalue weighted by Crippen LogP contribution is 2.21. The van der Waals surface area contributed by atoms with Crippen molar-refractivity contribution in [2.75, 3.05) is 5.75 Å². The fraction of sp³-hybridized carbons (Fsp3) is 0.0968. The number of carbonyl (C=O) groups excluding carboxylic acids is 1. The van der Waals surface area contributed by atoms with E-state index in [2.05, 4.69) is 15.5 Å². The van der Waals surface area contributed by atoms with Crippen LogP contribution in [0, 0.1) is 6.92 Å². The topological polar surface area (TPSA) is 85.6 Å². The first-order valence-electron chi connectivity index (χ1n) is 12.4. The maximum absolute atomic E-state index is 13.3. The van der Waals surface area contributed by atoms with Crippen molar-refractivity contribution in [3.8, 4) is 11.4 Å². The minimum atomic E-state index is -0.314. The molecule has 39 heavy (non-hydrogen) atoms. The fourth-order valence-corrected chi connectivity index (χ4v) is 4.70. The van der Waals surface area contributed by atoms with Gasteiger partial charge < -0.3 is 4.74 Å². The maximum atomic E-state index is 13.3. The summed E-state index contributed by atoms with van der Waals surface area (Å²) >= 11 is 1.18. The molecule has 194 valence electrons. The molecule has 0 fully saturated rings. The quantitative estimate of drug-likeness (QED) is 0.117. The van der Waals surface area contributed by atoms with E-state index >= 15 is 0 Å². The van der Waals surface area contributed by atoms with Crippen molar-refractivity contribution in [2.45, 2.75) is 18.7 Å². The largest absolute Gasteiger partial charge is 0.489 e. The summed E-state index contributed by atoms with van der Waals surface area (Å²) in [6.45, 7) is 2.45. The molecule has 8 heteroatoms. The molecule has 0 aliphatic carbocycles. The third kappa shape index (κ3) is 6.61. The molecule has 5 rings (SSSR count). The Morgan fingerprint density at radius 1 is 0.974 bits per heavy atom. The molecule has 0 bridgehead atoms. The van der Waals surface area contributed by atoms with Crippen LogP contribution in [0.15, 0.2) is 118 Å². The zero-order valence-corrected chi connectivity index (χ0v) is 22.1. The Kier molecular flexibility index (Phi) is 8.14. The van der Waals surface area contributed by atoms with Crippen LogP contribution in [0.1, 0.15) is 16.7 Å². The number of aryl methyl sites for hydroxylation is 1. The molecule has 4 aromatic carbocycles. The number of hydrogen-bond acceptors (Lipinski definition) is 6. The van der Waals surface area contributed by atoms with Crippen molar-refractivity contribution in [1.29, 1.82) is 0 Å². The summed E-state index contributed by atoms with van der Waals surface area (Å²) in [5, 5.41) is 5.04. The molecule has 1 aromatic heterocycles. The SMILES string of the molecule is Cc1ccc(-n2c(SCC(=O)NN=Cc3cccc(OCc4ccccc4)c3)nc3ccccc3c2=O)cc1. The van der Waals surface area contributed by atoms with Crippen molar-refractivity contribution >= 4 is 34.8 Å². The molecule has 7 nitrogen and oxygen atoms in total. The van der Waals surface area contributed by atoms with Gasteiger partial charge in [-0.2, -0.15) is 5.10 Å². The lowest BCUT2D eigenvalue weighted by atomic mass is 10.2. The van der Waals surface area contributed by atoms with Crippen molar-refractivity contribution in [2.24, 2.45) is 5.10 Å². The summed E-state index contributed by atoms with van der Waals surface area (Å²) in [5.74, 6) is 0.431. The lowest BCUT2D eigenvalue weighted by Gasteiger charge is -2.13. The second-order valence-corrected chi connectivity index (χ2v) is 9.76. The van der Waals surface area contributed by atoms with Crippen LogP contribution in [0.4, 0.5) is 0 Å². The van der Waals surface area contributed by atoms with Gasteiger partial charge in [-0.25, -0.2) is 10.4 Å². The van der Waals surface area contributed by atoms with E-state index in [0.29, 0.717) is 34.1 Å². The van der Waals surface area contributed by atoms with Crippen molar-refractivity contribution in [1.82, 2.24) is 15.0 Å². The Morgan fingerprint density at radius 3 is 2.56 bits per heavy atom. The minimum Gasteiger partial charge on any atom is -0.489 e. The van der Waals surface area contributed by atoms with Gasteiger partial charge in [0.1, 0.15) is 12.4 Å². The summed E-state index contributed by atoms with van der Waals surface area (Å²) in [5.41, 5.74) is 6.60. The van der Waals surface area contributed by atoms with E-state index in [4.69, 9.17) is 4.74 Å². The summed E-state index contributed by atoms with van der Waals surface area (Å²) in [7, 11) is 0. The molecule has 5 aromatic rings. The number of para-hydroxylation sites is 1. The van der Waals surface area contributed by atoms with Crippen LogP contribution in [0.3, 0.4) is 0 Å². The Labute approximate surface area is 230 Å². The number of aromatic nitrogens is 2. The summed E-state index contributed by atoms with van der Waals surface area (Å²) in [4.78, 5) is 30.6. The Morgan fingerprint density at radius 2 is 1.74 bits per heavy atom. The van der Waals surface area contributed by atoms with E-state index in [-0.39, 0.29) is 17.2 Å². The number of thioether (sulfide) groups is 1. The molecule has 0 spiro atoms. The van der Waals surface area contributed by atoms with Crippen LogP contribution in [-0.2, 0) is 11.4 Å². The smallest absolute Gasteiger partial charge is 0.266 e. The van der Waals surface area contributed by atoms with Gasteiger partial charge in [0.2, 0.25) is 0 Å². The van der Waals surface area contributed by atoms with E-state index in [1.807, 2.05) is 97.9 Å². The van der Waals surface area contributed by atoms with Gasteiger partial charge >= 0.3 is 0 Å². The molecule has 0 radical (unpaired) electrons. The number of amides is 1. The molecule has 0 saturated carbocycles. The van der Waals surface area contributed by atoms with Crippen LogP contribution < -0.4 is 15.7 Å². The first-order chi connectivity index (χ1) is 19.1. The average molecular weight is 535 g/mol. The first-order valence-corrected chi connectivity index (χ1v) is 13.4. The van der Waals surface area contributed by atoms with Crippen LogP contribution in [0.2, 0.25) is 0 Å². The van der Waals surface area contributed by atoms with Gasteiger partial charge in [-0.05, 0) is 54.4 Å². The summed E-state index contributed by atoms with van der Waals surface area (Å²) in [6.07, 6.45) is 1.56. The molecular weight excluding hydrogens is 508 g/mol. The molecule has 1 heterocycles. The van der Waals surface area contributed by atoms with Crippen molar-refractivity contribution in [3.63, 3.8) is 0 Å². The lowest BCUT2D eigenvalue weighted by Crippen LogP contribution is -2.24. The highest BCUT2D eigenvalue weighted by molar-refractivity contribution is 7.99. The van der Waals surface area contributed by atoms with E-state index in [9.17, 15) is 9.59 Å². The van der Waals surface area contributed by atoms with Gasteiger partial charge in [-0.1, -0.05) is 84.1 Å². The van der Waals surface area contributed by atoms with Gasteiger partial charge in [-0.15, -0.1) is 0 Å². The zero-order chi connectivity index (χ0) is 27.0. The molecule has 0 aliphatic rings. The highest BCUT2D eigenvalue weighted by atomic mass is 32.2. The van der Waals surface area contributed by atoms with E-state index in [1.165, 1.54) is 11.8 Å². The second-order valence-electron chi connectivity index (χ2n) is 8.82. The van der Waals surface area contributed by atoms with Gasteiger partial charge in [0.25, 0.3) is 11.5 Å². The predicted octanol–water partition coefficient (Wildman–Crippen LogP) is 5.52. The number of nitrogens with zero attached hydrogens (tertiary/aromatic N) is 3. The molecule has 0 atom stereocenters. The number of rotatable bonds is 9. The van der Waals surface area contributed by atoms with Crippen LogP contribution in [0.25, 0.3) is 16.6 Å². The number of hydrogen-bond donors (Lipinski definition) is 1. The molecule has 0 saturated heterocycles. The Hall–Kier alpha value is -4.69. The lowest BCUT2D eigenvalue weighted by molar-refractivity contribution is -0.118. The fourth-order valence-electron chi connectivity index (χ4n) is 3.90. The molecule has 1 N–H and O–H groups in total. The third-order valence-corrected chi connectivity index (χ3v) is 6.82. The van der Waals surface area contributed by atoms with Crippen LogP contribution in [0.5, 0.6) is 5.75 Å².